The summed E-state index contributed by atoms with van der Waals surface area (Å²) in [6.07, 6.45) is 5.39. The van der Waals surface area contributed by atoms with Crippen LogP contribution in [0.25, 0.3) is 0 Å². The number of amides is 2. The predicted molar refractivity (Wildman–Crippen MR) is 99.0 cm³/mol. The molecule has 2 amide bonds. The first-order chi connectivity index (χ1) is 11.0. The SMILES string of the molecule is CC(N)CCC(=O)NCc1cccc(NC(=O)C2CCCC2)c1.Cl. The number of carbonyl (C=O) groups is 2. The molecule has 1 aromatic carbocycles. The Morgan fingerprint density at radius 2 is 2.00 bits per heavy atom. The zero-order chi connectivity index (χ0) is 16.7. The zero-order valence-electron chi connectivity index (χ0n) is 14.2. The van der Waals surface area contributed by atoms with Crippen LogP contribution in [0.15, 0.2) is 24.3 Å². The number of halogens is 1. The molecule has 1 saturated carbocycles. The van der Waals surface area contributed by atoms with Crippen molar-refractivity contribution in [3.8, 4) is 0 Å². The molecule has 0 heterocycles. The van der Waals surface area contributed by atoms with E-state index in [0.29, 0.717) is 19.4 Å². The van der Waals surface area contributed by atoms with Crippen molar-refractivity contribution in [1.82, 2.24) is 5.32 Å². The fourth-order valence-corrected chi connectivity index (χ4v) is 2.84. The van der Waals surface area contributed by atoms with Crippen molar-refractivity contribution in [3.63, 3.8) is 0 Å². The van der Waals surface area contributed by atoms with Gasteiger partial charge in [-0.3, -0.25) is 9.59 Å². The van der Waals surface area contributed by atoms with E-state index in [4.69, 9.17) is 5.73 Å². The summed E-state index contributed by atoms with van der Waals surface area (Å²) in [4.78, 5) is 23.9. The fourth-order valence-electron chi connectivity index (χ4n) is 2.84. The third kappa shape index (κ3) is 6.89. The van der Waals surface area contributed by atoms with Gasteiger partial charge in [0.1, 0.15) is 0 Å². The Bertz CT molecular complexity index is 543. The number of nitrogens with one attached hydrogen (secondary N) is 2. The van der Waals surface area contributed by atoms with E-state index in [-0.39, 0.29) is 36.2 Å². The van der Waals surface area contributed by atoms with Crippen molar-refractivity contribution in [2.75, 3.05) is 5.32 Å². The Hall–Kier alpha value is -1.59. The van der Waals surface area contributed by atoms with E-state index in [9.17, 15) is 9.59 Å². The smallest absolute Gasteiger partial charge is 0.227 e. The van der Waals surface area contributed by atoms with Crippen LogP contribution in [0, 0.1) is 5.92 Å². The van der Waals surface area contributed by atoms with Crippen LogP contribution in [0.3, 0.4) is 0 Å². The normalized spacial score (nSPS) is 15.4. The molecule has 1 unspecified atom stereocenters. The van der Waals surface area contributed by atoms with Gasteiger partial charge in [0.05, 0.1) is 0 Å². The van der Waals surface area contributed by atoms with E-state index >= 15 is 0 Å². The molecule has 0 aliphatic heterocycles. The molecule has 6 heteroatoms. The lowest BCUT2D eigenvalue weighted by Gasteiger charge is -2.12. The van der Waals surface area contributed by atoms with Crippen molar-refractivity contribution in [2.45, 2.75) is 58.0 Å². The predicted octanol–water partition coefficient (Wildman–Crippen LogP) is 2.98. The van der Waals surface area contributed by atoms with Gasteiger partial charge in [0.25, 0.3) is 0 Å². The van der Waals surface area contributed by atoms with Gasteiger partial charge in [-0.25, -0.2) is 0 Å². The standard InChI is InChI=1S/C18H27N3O2.ClH/c1-13(19)9-10-17(22)20-12-14-5-4-8-16(11-14)21-18(23)15-6-2-3-7-15;/h4-5,8,11,13,15H,2-3,6-7,9-10,12,19H2,1H3,(H,20,22)(H,21,23);1H. The van der Waals surface area contributed by atoms with Gasteiger partial charge in [0.15, 0.2) is 0 Å². The van der Waals surface area contributed by atoms with Gasteiger partial charge in [-0.2, -0.15) is 0 Å². The fraction of sp³-hybridized carbons (Fsp3) is 0.556. The molecule has 0 spiro atoms. The summed E-state index contributed by atoms with van der Waals surface area (Å²) in [6.45, 7) is 2.36. The molecular formula is C18H28ClN3O2. The minimum atomic E-state index is 0. The minimum Gasteiger partial charge on any atom is -0.352 e. The van der Waals surface area contributed by atoms with Crippen LogP contribution in [-0.2, 0) is 16.1 Å². The molecule has 1 aliphatic rings. The zero-order valence-corrected chi connectivity index (χ0v) is 15.0. The van der Waals surface area contributed by atoms with E-state index in [0.717, 1.165) is 36.9 Å². The van der Waals surface area contributed by atoms with Crippen molar-refractivity contribution in [1.29, 1.82) is 0 Å². The number of hydrogen-bond acceptors (Lipinski definition) is 3. The molecule has 1 aliphatic carbocycles. The van der Waals surface area contributed by atoms with Crippen LogP contribution in [-0.4, -0.2) is 17.9 Å². The van der Waals surface area contributed by atoms with Crippen LogP contribution < -0.4 is 16.4 Å². The summed E-state index contributed by atoms with van der Waals surface area (Å²) < 4.78 is 0. The first-order valence-electron chi connectivity index (χ1n) is 8.46. The number of anilines is 1. The molecule has 1 fully saturated rings. The highest BCUT2D eigenvalue weighted by atomic mass is 35.5. The number of rotatable bonds is 7. The van der Waals surface area contributed by atoms with Crippen LogP contribution in [0.5, 0.6) is 0 Å². The molecule has 1 aromatic rings. The Kier molecular flexibility index (Phi) is 8.79. The molecule has 134 valence electrons. The quantitative estimate of drug-likeness (QED) is 0.704. The van der Waals surface area contributed by atoms with Gasteiger partial charge in [-0.1, -0.05) is 25.0 Å². The third-order valence-electron chi connectivity index (χ3n) is 4.24. The first kappa shape index (κ1) is 20.5. The minimum absolute atomic E-state index is 0. The molecule has 4 N–H and O–H groups in total. The average Bonchev–Trinajstić information content (AvgIpc) is 3.06. The molecule has 0 bridgehead atoms. The highest BCUT2D eigenvalue weighted by Gasteiger charge is 2.22. The van der Waals surface area contributed by atoms with Crippen molar-refractivity contribution in [3.05, 3.63) is 29.8 Å². The molecule has 2 rings (SSSR count). The second-order valence-corrected chi connectivity index (χ2v) is 6.46. The second-order valence-electron chi connectivity index (χ2n) is 6.46. The van der Waals surface area contributed by atoms with E-state index in [2.05, 4.69) is 10.6 Å². The topological polar surface area (TPSA) is 84.2 Å². The molecule has 5 nitrogen and oxygen atoms in total. The van der Waals surface area contributed by atoms with Crippen molar-refractivity contribution < 1.29 is 9.59 Å². The molecule has 24 heavy (non-hydrogen) atoms. The molecular weight excluding hydrogens is 326 g/mol. The highest BCUT2D eigenvalue weighted by Crippen LogP contribution is 2.26. The summed E-state index contributed by atoms with van der Waals surface area (Å²) in [5.74, 6) is 0.264. The largest absolute Gasteiger partial charge is 0.352 e. The summed E-state index contributed by atoms with van der Waals surface area (Å²) in [5.41, 5.74) is 7.42. The number of carbonyl (C=O) groups excluding carboxylic acids is 2. The lowest BCUT2D eigenvalue weighted by atomic mass is 10.1. The van der Waals surface area contributed by atoms with Crippen molar-refractivity contribution in [2.24, 2.45) is 11.7 Å². The van der Waals surface area contributed by atoms with Gasteiger partial charge in [0, 0.05) is 30.6 Å². The van der Waals surface area contributed by atoms with Gasteiger partial charge in [0.2, 0.25) is 11.8 Å². The Morgan fingerprint density at radius 3 is 2.67 bits per heavy atom. The Balaban J connectivity index is 0.00000288. The highest BCUT2D eigenvalue weighted by molar-refractivity contribution is 5.92. The maximum Gasteiger partial charge on any atom is 0.227 e. The summed E-state index contributed by atoms with van der Waals surface area (Å²) in [7, 11) is 0. The van der Waals surface area contributed by atoms with Gasteiger partial charge in [-0.15, -0.1) is 12.4 Å². The summed E-state index contributed by atoms with van der Waals surface area (Å²) >= 11 is 0. The third-order valence-corrected chi connectivity index (χ3v) is 4.24. The van der Waals surface area contributed by atoms with Crippen LogP contribution in [0.1, 0.15) is 51.0 Å². The van der Waals surface area contributed by atoms with E-state index in [1.807, 2.05) is 31.2 Å². The van der Waals surface area contributed by atoms with Gasteiger partial charge >= 0.3 is 0 Å². The van der Waals surface area contributed by atoms with E-state index in [1.54, 1.807) is 0 Å². The molecule has 1 atom stereocenters. The van der Waals surface area contributed by atoms with Crippen LogP contribution in [0.2, 0.25) is 0 Å². The van der Waals surface area contributed by atoms with Gasteiger partial charge < -0.3 is 16.4 Å². The molecule has 0 aromatic heterocycles. The number of benzene rings is 1. The van der Waals surface area contributed by atoms with E-state index in [1.165, 1.54) is 0 Å². The number of nitrogens with two attached hydrogens (primary N) is 1. The second kappa shape index (κ2) is 10.3. The Labute approximate surface area is 150 Å². The number of hydrogen-bond donors (Lipinski definition) is 3. The van der Waals surface area contributed by atoms with E-state index < -0.39 is 0 Å². The maximum absolute atomic E-state index is 12.1. The Morgan fingerprint density at radius 1 is 1.29 bits per heavy atom. The average molecular weight is 354 g/mol. The van der Waals surface area contributed by atoms with Crippen LogP contribution >= 0.6 is 12.4 Å². The lowest BCUT2D eigenvalue weighted by molar-refractivity contribution is -0.121. The maximum atomic E-state index is 12.1. The lowest BCUT2D eigenvalue weighted by Crippen LogP contribution is -2.25. The van der Waals surface area contributed by atoms with Crippen LogP contribution in [0.4, 0.5) is 5.69 Å². The summed E-state index contributed by atoms with van der Waals surface area (Å²) in [5, 5.41) is 5.87. The van der Waals surface area contributed by atoms with Crippen molar-refractivity contribution >= 4 is 29.9 Å². The molecule has 0 radical (unpaired) electrons. The summed E-state index contributed by atoms with van der Waals surface area (Å²) in [6, 6.07) is 7.67. The van der Waals surface area contributed by atoms with Gasteiger partial charge in [-0.05, 0) is 43.9 Å². The first-order valence-corrected chi connectivity index (χ1v) is 8.46. The molecule has 0 saturated heterocycles. The monoisotopic (exact) mass is 353 g/mol.